The minimum Gasteiger partial charge on any atom is -0.505 e. The van der Waals surface area contributed by atoms with Gasteiger partial charge < -0.3 is 10.1 Å². The second kappa shape index (κ2) is 3.86. The predicted molar refractivity (Wildman–Crippen MR) is 59.0 cm³/mol. The van der Waals surface area contributed by atoms with Gasteiger partial charge in [0.15, 0.2) is 11.6 Å². The molecule has 0 amide bonds. The highest BCUT2D eigenvalue weighted by molar-refractivity contribution is 5.79. The Labute approximate surface area is 98.4 Å². The maximum absolute atomic E-state index is 12.5. The second-order valence-electron chi connectivity index (χ2n) is 3.59. The first-order valence-electron chi connectivity index (χ1n) is 4.78. The highest BCUT2D eigenvalue weighted by Gasteiger charge is 2.30. The third-order valence-electron chi connectivity index (χ3n) is 2.31. The van der Waals surface area contributed by atoms with Gasteiger partial charge in [0.25, 0.3) is 5.56 Å². The van der Waals surface area contributed by atoms with Crippen molar-refractivity contribution in [2.24, 2.45) is 0 Å². The zero-order chi connectivity index (χ0) is 13.5. The van der Waals surface area contributed by atoms with E-state index in [4.69, 9.17) is 5.11 Å². The number of fused-ring (bicyclic) bond motifs is 1. The first-order valence-corrected chi connectivity index (χ1v) is 4.78. The zero-order valence-corrected chi connectivity index (χ0v) is 8.88. The van der Waals surface area contributed by atoms with Gasteiger partial charge in [-0.3, -0.25) is 4.79 Å². The van der Waals surface area contributed by atoms with Crippen molar-refractivity contribution in [2.45, 2.75) is 6.18 Å². The van der Waals surface area contributed by atoms with Crippen LogP contribution in [0.2, 0.25) is 0 Å². The third kappa shape index (κ3) is 2.06. The van der Waals surface area contributed by atoms with E-state index in [1.165, 1.54) is 0 Å². The van der Waals surface area contributed by atoms with Gasteiger partial charge in [0.05, 0.1) is 16.5 Å². The fourth-order valence-electron chi connectivity index (χ4n) is 1.45. The Bertz CT molecular complexity index is 689. The quantitative estimate of drug-likeness (QED) is 0.770. The topological polar surface area (TPSA) is 66.0 Å². The van der Waals surface area contributed by atoms with Gasteiger partial charge in [-0.15, -0.1) is 0 Å². The maximum Gasteiger partial charge on any atom is 0.416 e. The number of nitrogens with one attached hydrogen (secondary N) is 1. The summed E-state index contributed by atoms with van der Waals surface area (Å²) in [6.45, 7) is 3.15. The van der Waals surface area contributed by atoms with Crippen molar-refractivity contribution in [1.29, 1.82) is 0 Å². The van der Waals surface area contributed by atoms with Crippen LogP contribution < -0.4 is 5.56 Å². The summed E-state index contributed by atoms with van der Waals surface area (Å²) in [7, 11) is 0. The molecule has 0 saturated carbocycles. The van der Waals surface area contributed by atoms with E-state index in [2.05, 4.69) is 16.5 Å². The van der Waals surface area contributed by atoms with Crippen LogP contribution in [0.1, 0.15) is 11.4 Å². The van der Waals surface area contributed by atoms with Crippen LogP contribution in [0, 0.1) is 0 Å². The Balaban J connectivity index is 2.76. The van der Waals surface area contributed by atoms with Crippen molar-refractivity contribution in [2.75, 3.05) is 0 Å². The number of halogens is 3. The molecule has 2 N–H and O–H groups in total. The Kier molecular flexibility index (Phi) is 2.61. The van der Waals surface area contributed by atoms with Gasteiger partial charge in [-0.1, -0.05) is 6.58 Å². The van der Waals surface area contributed by atoms with Crippen molar-refractivity contribution in [1.82, 2.24) is 9.97 Å². The van der Waals surface area contributed by atoms with Gasteiger partial charge in [-0.2, -0.15) is 13.2 Å². The van der Waals surface area contributed by atoms with E-state index >= 15 is 0 Å². The van der Waals surface area contributed by atoms with E-state index < -0.39 is 23.1 Å². The van der Waals surface area contributed by atoms with Gasteiger partial charge in [0.2, 0.25) is 0 Å². The minimum absolute atomic E-state index is 0.00741. The SMILES string of the molecule is C=C(O)c1nc2cc(C(F)(F)F)ccc2c(=O)[nH]1. The highest BCUT2D eigenvalue weighted by Crippen LogP contribution is 2.30. The van der Waals surface area contributed by atoms with Gasteiger partial charge in [0, 0.05) is 0 Å². The van der Waals surface area contributed by atoms with Crippen LogP contribution in [0.15, 0.2) is 29.6 Å². The Hall–Kier alpha value is -2.31. The molecule has 0 atom stereocenters. The van der Waals surface area contributed by atoms with E-state index in [-0.39, 0.29) is 16.7 Å². The number of hydrogen-bond acceptors (Lipinski definition) is 3. The molecule has 0 saturated heterocycles. The average molecular weight is 256 g/mol. The predicted octanol–water partition coefficient (Wildman–Crippen LogP) is 2.47. The summed E-state index contributed by atoms with van der Waals surface area (Å²) in [6.07, 6.45) is -4.52. The molecule has 18 heavy (non-hydrogen) atoms. The number of aliphatic hydroxyl groups excluding tert-OH is 1. The van der Waals surface area contributed by atoms with Gasteiger partial charge in [0.1, 0.15) is 0 Å². The fraction of sp³-hybridized carbons (Fsp3) is 0.0909. The van der Waals surface area contributed by atoms with Crippen molar-refractivity contribution < 1.29 is 18.3 Å². The molecular weight excluding hydrogens is 249 g/mol. The molecule has 0 radical (unpaired) electrons. The lowest BCUT2D eigenvalue weighted by Gasteiger charge is -2.07. The second-order valence-corrected chi connectivity index (χ2v) is 3.59. The molecule has 4 nitrogen and oxygen atoms in total. The Morgan fingerprint density at radius 1 is 1.39 bits per heavy atom. The number of hydrogen-bond donors (Lipinski definition) is 2. The van der Waals surface area contributed by atoms with E-state index in [1.807, 2.05) is 0 Å². The molecule has 1 aromatic carbocycles. The first-order chi connectivity index (χ1) is 8.29. The molecule has 0 bridgehead atoms. The number of rotatable bonds is 1. The number of aliphatic hydroxyl groups is 1. The van der Waals surface area contributed by atoms with Crippen molar-refractivity contribution in [3.05, 3.63) is 46.5 Å². The summed E-state index contributed by atoms with van der Waals surface area (Å²) in [5, 5.41) is 9.09. The molecule has 1 heterocycles. The number of aromatic amines is 1. The minimum atomic E-state index is -4.52. The van der Waals surface area contributed by atoms with Crippen LogP contribution >= 0.6 is 0 Å². The number of aromatic nitrogens is 2. The van der Waals surface area contributed by atoms with Crippen LogP contribution in [-0.2, 0) is 6.18 Å². The number of benzene rings is 1. The summed E-state index contributed by atoms with van der Waals surface area (Å²) >= 11 is 0. The lowest BCUT2D eigenvalue weighted by Crippen LogP contribution is -2.12. The molecular formula is C11H7F3N2O2. The Morgan fingerprint density at radius 2 is 2.06 bits per heavy atom. The van der Waals surface area contributed by atoms with Crippen LogP contribution in [-0.4, -0.2) is 15.1 Å². The highest BCUT2D eigenvalue weighted by atomic mass is 19.4. The maximum atomic E-state index is 12.5. The van der Waals surface area contributed by atoms with Crippen molar-refractivity contribution >= 4 is 16.7 Å². The summed E-state index contributed by atoms with van der Waals surface area (Å²) in [5.41, 5.74) is -1.71. The van der Waals surface area contributed by atoms with Gasteiger partial charge in [-0.05, 0) is 18.2 Å². The number of H-pyrrole nitrogens is 1. The molecule has 1 aromatic heterocycles. The lowest BCUT2D eigenvalue weighted by molar-refractivity contribution is -0.137. The van der Waals surface area contributed by atoms with E-state index in [1.54, 1.807) is 0 Å². The van der Waals surface area contributed by atoms with Crippen LogP contribution in [0.5, 0.6) is 0 Å². The molecule has 2 rings (SSSR count). The standard InChI is InChI=1S/C11H7F3N2O2/c1-5(17)9-15-8-4-6(11(12,13)14)2-3-7(8)10(18)16-9/h2-4,17H,1H2,(H,15,16,18). The monoisotopic (exact) mass is 256 g/mol. The number of alkyl halides is 3. The summed E-state index contributed by atoms with van der Waals surface area (Å²) in [5.74, 6) is -0.779. The van der Waals surface area contributed by atoms with Crippen LogP contribution in [0.3, 0.4) is 0 Å². The zero-order valence-electron chi connectivity index (χ0n) is 8.88. The largest absolute Gasteiger partial charge is 0.505 e. The molecule has 0 fully saturated rings. The van der Waals surface area contributed by atoms with Crippen molar-refractivity contribution in [3.8, 4) is 0 Å². The first kappa shape index (κ1) is 12.2. The summed E-state index contributed by atoms with van der Waals surface area (Å²) < 4.78 is 37.5. The van der Waals surface area contributed by atoms with E-state index in [9.17, 15) is 18.0 Å². The van der Waals surface area contributed by atoms with E-state index in [0.29, 0.717) is 0 Å². The molecule has 0 aliphatic rings. The molecule has 7 heteroatoms. The molecule has 0 aliphatic heterocycles. The normalized spacial score (nSPS) is 11.7. The Morgan fingerprint density at radius 3 is 2.61 bits per heavy atom. The smallest absolute Gasteiger partial charge is 0.416 e. The van der Waals surface area contributed by atoms with Crippen LogP contribution in [0.25, 0.3) is 16.7 Å². The third-order valence-corrected chi connectivity index (χ3v) is 2.31. The molecule has 94 valence electrons. The molecule has 2 aromatic rings. The molecule has 0 unspecified atom stereocenters. The molecule has 0 spiro atoms. The number of nitrogens with zero attached hydrogens (tertiary/aromatic N) is 1. The van der Waals surface area contributed by atoms with E-state index in [0.717, 1.165) is 18.2 Å². The fourth-order valence-corrected chi connectivity index (χ4v) is 1.45. The summed E-state index contributed by atoms with van der Waals surface area (Å²) in [4.78, 5) is 17.5. The lowest BCUT2D eigenvalue weighted by atomic mass is 10.1. The van der Waals surface area contributed by atoms with Crippen LogP contribution in [0.4, 0.5) is 13.2 Å². The van der Waals surface area contributed by atoms with Gasteiger partial charge in [-0.25, -0.2) is 4.98 Å². The van der Waals surface area contributed by atoms with Gasteiger partial charge >= 0.3 is 6.18 Å². The van der Waals surface area contributed by atoms with Crippen molar-refractivity contribution in [3.63, 3.8) is 0 Å². The summed E-state index contributed by atoms with van der Waals surface area (Å²) in [6, 6.07) is 2.58. The molecule has 0 aliphatic carbocycles. The average Bonchev–Trinajstić information content (AvgIpc) is 2.26.